The molecule has 0 spiro atoms. The standard InChI is InChI=1S/C15H30/c1-11-10-12(14(2,3)4)8-9-13(11)15(5,6)7/h11-13H,8-10H2,1-7H3/i8D2,9D2,10D2,11D. The van der Waals surface area contributed by atoms with Crippen molar-refractivity contribution < 1.29 is 9.60 Å². The topological polar surface area (TPSA) is 0 Å². The van der Waals surface area contributed by atoms with Gasteiger partial charge in [-0.05, 0) is 47.7 Å². The van der Waals surface area contributed by atoms with Crippen molar-refractivity contribution in [3.05, 3.63) is 0 Å². The Balaban J connectivity index is 3.77. The molecule has 0 amide bonds. The largest absolute Gasteiger partial charge is 0.0622 e. The van der Waals surface area contributed by atoms with Gasteiger partial charge in [-0.15, -0.1) is 0 Å². The molecule has 0 aliphatic heterocycles. The van der Waals surface area contributed by atoms with Crippen molar-refractivity contribution >= 4 is 0 Å². The molecule has 0 N–H and O–H groups in total. The molecule has 1 aliphatic carbocycles. The third kappa shape index (κ3) is 3.23. The van der Waals surface area contributed by atoms with E-state index in [-0.39, 0.29) is 0 Å². The normalized spacial score (nSPS) is 56.1. The zero-order valence-corrected chi connectivity index (χ0v) is 11.2. The molecule has 1 saturated carbocycles. The van der Waals surface area contributed by atoms with Gasteiger partial charge in [-0.1, -0.05) is 48.5 Å². The maximum absolute atomic E-state index is 8.70. The lowest BCUT2D eigenvalue weighted by Crippen LogP contribution is -2.36. The quantitative estimate of drug-likeness (QED) is 0.527. The molecular formula is C15H30. The molecule has 0 aromatic heterocycles. The van der Waals surface area contributed by atoms with E-state index < -0.39 is 47.7 Å². The van der Waals surface area contributed by atoms with Gasteiger partial charge < -0.3 is 0 Å². The predicted octanol–water partition coefficient (Wildman–Crippen LogP) is 5.13. The summed E-state index contributed by atoms with van der Waals surface area (Å²) in [5, 5.41) is 0. The number of hydrogen-bond donors (Lipinski definition) is 0. The second kappa shape index (κ2) is 4.11. The maximum atomic E-state index is 8.70. The van der Waals surface area contributed by atoms with Crippen LogP contribution in [-0.2, 0) is 0 Å². The molecule has 15 heavy (non-hydrogen) atoms. The average molecular weight is 217 g/mol. The summed E-state index contributed by atoms with van der Waals surface area (Å²) in [4.78, 5) is 0. The lowest BCUT2D eigenvalue weighted by Gasteiger charge is -2.45. The van der Waals surface area contributed by atoms with Crippen molar-refractivity contribution in [2.45, 2.75) is 67.6 Å². The van der Waals surface area contributed by atoms with Gasteiger partial charge in [-0.2, -0.15) is 0 Å². The minimum Gasteiger partial charge on any atom is -0.0622 e. The molecule has 0 heteroatoms. The summed E-state index contributed by atoms with van der Waals surface area (Å²) in [5.41, 5.74) is -1.53. The van der Waals surface area contributed by atoms with Crippen LogP contribution in [0.2, 0.25) is 0 Å². The zero-order chi connectivity index (χ0) is 18.2. The molecule has 0 aromatic rings. The monoisotopic (exact) mass is 217 g/mol. The fourth-order valence-corrected chi connectivity index (χ4v) is 1.92. The van der Waals surface area contributed by atoms with Crippen molar-refractivity contribution in [1.29, 1.82) is 0 Å². The van der Waals surface area contributed by atoms with Gasteiger partial charge in [-0.25, -0.2) is 0 Å². The van der Waals surface area contributed by atoms with Crippen LogP contribution >= 0.6 is 0 Å². The van der Waals surface area contributed by atoms with Crippen LogP contribution in [0.15, 0.2) is 0 Å². The fourth-order valence-electron chi connectivity index (χ4n) is 1.92. The van der Waals surface area contributed by atoms with E-state index >= 15 is 0 Å². The summed E-state index contributed by atoms with van der Waals surface area (Å²) < 4.78 is 59.7. The van der Waals surface area contributed by atoms with Gasteiger partial charge in [0, 0.05) is 9.60 Å². The summed E-state index contributed by atoms with van der Waals surface area (Å²) >= 11 is 0. The van der Waals surface area contributed by atoms with Crippen molar-refractivity contribution in [2.24, 2.45) is 28.6 Å². The molecule has 0 radical (unpaired) electrons. The van der Waals surface area contributed by atoms with Crippen LogP contribution in [0.25, 0.3) is 0 Å². The smallest absolute Gasteiger partial charge is 0.0303 e. The highest BCUT2D eigenvalue weighted by Crippen LogP contribution is 2.47. The minimum atomic E-state index is -2.37. The molecule has 0 saturated heterocycles. The molecule has 0 aromatic carbocycles. The van der Waals surface area contributed by atoms with Crippen molar-refractivity contribution in [3.8, 4) is 0 Å². The van der Waals surface area contributed by atoms with Gasteiger partial charge in [0.1, 0.15) is 0 Å². The summed E-state index contributed by atoms with van der Waals surface area (Å²) in [6, 6.07) is 0. The highest BCUT2D eigenvalue weighted by Gasteiger charge is 2.38. The van der Waals surface area contributed by atoms with Crippen LogP contribution in [0.1, 0.15) is 77.2 Å². The van der Waals surface area contributed by atoms with Crippen molar-refractivity contribution in [3.63, 3.8) is 0 Å². The number of hydrogen-bond acceptors (Lipinski definition) is 0. The third-order valence-corrected chi connectivity index (χ3v) is 2.91. The van der Waals surface area contributed by atoms with Gasteiger partial charge in [0.05, 0.1) is 0 Å². The van der Waals surface area contributed by atoms with Crippen LogP contribution in [0.3, 0.4) is 0 Å². The van der Waals surface area contributed by atoms with E-state index in [9.17, 15) is 0 Å². The number of rotatable bonds is 0. The molecule has 0 heterocycles. The van der Waals surface area contributed by atoms with Crippen LogP contribution < -0.4 is 0 Å². The fraction of sp³-hybridized carbons (Fsp3) is 1.00. The molecule has 0 bridgehead atoms. The second-order valence-electron chi connectivity index (χ2n) is 6.71. The van der Waals surface area contributed by atoms with Gasteiger partial charge in [0.25, 0.3) is 0 Å². The van der Waals surface area contributed by atoms with Gasteiger partial charge >= 0.3 is 0 Å². The van der Waals surface area contributed by atoms with E-state index in [0.29, 0.717) is 0 Å². The lowest BCUT2D eigenvalue weighted by atomic mass is 9.60. The Bertz CT molecular complexity index is 368. The highest BCUT2D eigenvalue weighted by atomic mass is 14.4. The Morgan fingerprint density at radius 1 is 1.00 bits per heavy atom. The van der Waals surface area contributed by atoms with Crippen LogP contribution in [0, 0.1) is 28.6 Å². The zero-order valence-electron chi connectivity index (χ0n) is 18.2. The van der Waals surface area contributed by atoms with E-state index in [0.717, 1.165) is 0 Å². The molecule has 3 unspecified atom stereocenters. The SMILES string of the molecule is [2H]C1([2H])C(C(C)(C)C)C([2H])([2H])C([2H])(C)C(C(C)(C)C)C1([2H])[2H]. The molecule has 1 rings (SSSR count). The summed E-state index contributed by atoms with van der Waals surface area (Å²) in [7, 11) is 0. The molecule has 3 atom stereocenters. The van der Waals surface area contributed by atoms with E-state index in [4.69, 9.17) is 9.60 Å². The van der Waals surface area contributed by atoms with Crippen molar-refractivity contribution in [1.82, 2.24) is 0 Å². The summed E-state index contributed by atoms with van der Waals surface area (Å²) in [5.74, 6) is -4.03. The van der Waals surface area contributed by atoms with Gasteiger partial charge in [0.2, 0.25) is 0 Å². The first-order chi connectivity index (χ1) is 9.23. The Kier molecular flexibility index (Phi) is 1.66. The van der Waals surface area contributed by atoms with E-state index in [2.05, 4.69) is 0 Å². The average Bonchev–Trinajstić information content (AvgIpc) is 2.06. The van der Waals surface area contributed by atoms with E-state index in [1.165, 1.54) is 6.92 Å². The Labute approximate surface area is 107 Å². The third-order valence-electron chi connectivity index (χ3n) is 2.91. The Hall–Kier alpha value is 0. The van der Waals surface area contributed by atoms with Crippen LogP contribution in [-0.4, -0.2) is 0 Å². The minimum absolute atomic E-state index is 0.733. The molecule has 0 nitrogen and oxygen atoms in total. The van der Waals surface area contributed by atoms with Gasteiger partial charge in [-0.3, -0.25) is 0 Å². The van der Waals surface area contributed by atoms with Crippen molar-refractivity contribution in [2.75, 3.05) is 0 Å². The van der Waals surface area contributed by atoms with Crippen LogP contribution in [0.4, 0.5) is 0 Å². The summed E-state index contributed by atoms with van der Waals surface area (Å²) in [6.45, 7) is 11.9. The Morgan fingerprint density at radius 3 is 1.93 bits per heavy atom. The molecular weight excluding hydrogens is 180 g/mol. The molecule has 1 aliphatic rings. The molecule has 90 valence electrons. The maximum Gasteiger partial charge on any atom is 0.0303 e. The predicted molar refractivity (Wildman–Crippen MR) is 68.9 cm³/mol. The second-order valence-corrected chi connectivity index (χ2v) is 6.71. The lowest BCUT2D eigenvalue weighted by molar-refractivity contribution is 0.0493. The first-order valence-electron chi connectivity index (χ1n) is 9.23. The first-order valence-corrected chi connectivity index (χ1v) is 5.73. The van der Waals surface area contributed by atoms with E-state index in [1.807, 2.05) is 0 Å². The first kappa shape index (κ1) is 6.07. The highest BCUT2D eigenvalue weighted by molar-refractivity contribution is 4.88. The van der Waals surface area contributed by atoms with Gasteiger partial charge in [0.15, 0.2) is 0 Å². The Morgan fingerprint density at radius 2 is 1.53 bits per heavy atom. The van der Waals surface area contributed by atoms with Crippen LogP contribution in [0.5, 0.6) is 0 Å². The summed E-state index contributed by atoms with van der Waals surface area (Å²) in [6.07, 6.45) is -6.82. The molecule has 1 fully saturated rings. The van der Waals surface area contributed by atoms with E-state index in [1.54, 1.807) is 41.5 Å².